The van der Waals surface area contributed by atoms with Gasteiger partial charge in [-0.25, -0.2) is 23.2 Å². The second-order valence-electron chi connectivity index (χ2n) is 7.05. The van der Waals surface area contributed by atoms with Crippen LogP contribution in [0.1, 0.15) is 16.6 Å². The molecule has 162 valence electrons. The minimum Gasteiger partial charge on any atom is -0.330 e. The molecule has 0 fully saturated rings. The molecule has 1 unspecified atom stereocenters. The average Bonchev–Trinajstić information content (AvgIpc) is 3.41. The van der Waals surface area contributed by atoms with E-state index in [1.165, 1.54) is 11.3 Å². The molecule has 0 saturated carbocycles. The largest absolute Gasteiger partial charge is 0.330 e. The first kappa shape index (κ1) is 22.0. The van der Waals surface area contributed by atoms with Crippen LogP contribution in [0.5, 0.6) is 0 Å². The Bertz CT molecular complexity index is 1420. The van der Waals surface area contributed by atoms with E-state index in [0.717, 1.165) is 27.6 Å². The molecule has 2 aromatic carbocycles. The molecular weight excluding hydrogens is 464 g/mol. The molecule has 10 heteroatoms. The highest BCUT2D eigenvalue weighted by Gasteiger charge is 2.20. The van der Waals surface area contributed by atoms with Crippen molar-refractivity contribution in [1.82, 2.24) is 15.3 Å². The smallest absolute Gasteiger partial charge is 0.320 e. The number of carbonyl (C=O) groups excluding carboxylic acids is 1. The first-order valence-electron chi connectivity index (χ1n) is 9.42. The van der Waals surface area contributed by atoms with Gasteiger partial charge in [0.1, 0.15) is 15.7 Å². The standard InChI is InChI=1S/C22H18N4O3S3/c1-3-20-25-19(11-30-20)26-22(27)24-18(12-32(2,28)29)15-9-7-14(8-10-15)16-5-4-6-17-21(16)31-13-23-17/h1,4-11,13,18H,12H2,2H3,(H2,24,26,27). The van der Waals surface area contributed by atoms with Crippen LogP contribution < -0.4 is 10.6 Å². The van der Waals surface area contributed by atoms with Crippen molar-refractivity contribution in [1.29, 1.82) is 0 Å². The highest BCUT2D eigenvalue weighted by molar-refractivity contribution is 7.90. The van der Waals surface area contributed by atoms with Crippen LogP contribution in [-0.2, 0) is 9.84 Å². The van der Waals surface area contributed by atoms with E-state index in [0.29, 0.717) is 16.4 Å². The molecule has 2 heterocycles. The molecule has 7 nitrogen and oxygen atoms in total. The lowest BCUT2D eigenvalue weighted by Gasteiger charge is -2.19. The maximum absolute atomic E-state index is 12.5. The Kier molecular flexibility index (Phi) is 6.23. The van der Waals surface area contributed by atoms with Crippen molar-refractivity contribution in [3.05, 3.63) is 63.9 Å². The lowest BCUT2D eigenvalue weighted by Crippen LogP contribution is -2.36. The van der Waals surface area contributed by atoms with Gasteiger partial charge in [-0.1, -0.05) is 36.4 Å². The molecule has 4 rings (SSSR count). The fraction of sp³-hybridized carbons (Fsp3) is 0.136. The third kappa shape index (κ3) is 5.13. The molecule has 0 bridgehead atoms. The van der Waals surface area contributed by atoms with E-state index in [4.69, 9.17) is 6.42 Å². The summed E-state index contributed by atoms with van der Waals surface area (Å²) in [6, 6.07) is 12.1. The third-order valence-electron chi connectivity index (χ3n) is 4.62. The topological polar surface area (TPSA) is 101 Å². The number of amides is 2. The number of hydrogen-bond acceptors (Lipinski definition) is 7. The van der Waals surface area contributed by atoms with E-state index < -0.39 is 21.9 Å². The molecule has 1 atom stereocenters. The van der Waals surface area contributed by atoms with Gasteiger partial charge < -0.3 is 5.32 Å². The van der Waals surface area contributed by atoms with Crippen LogP contribution in [0.2, 0.25) is 0 Å². The summed E-state index contributed by atoms with van der Waals surface area (Å²) in [5.41, 5.74) is 5.45. The number of sulfone groups is 1. The van der Waals surface area contributed by atoms with Gasteiger partial charge >= 0.3 is 6.03 Å². The fourth-order valence-electron chi connectivity index (χ4n) is 3.24. The first-order chi connectivity index (χ1) is 15.3. The Morgan fingerprint density at radius 3 is 2.66 bits per heavy atom. The summed E-state index contributed by atoms with van der Waals surface area (Å²) in [5.74, 6) is 2.47. The summed E-state index contributed by atoms with van der Waals surface area (Å²) < 4.78 is 25.1. The minimum atomic E-state index is -3.36. The van der Waals surface area contributed by atoms with Gasteiger partial charge in [0.25, 0.3) is 0 Å². The van der Waals surface area contributed by atoms with Gasteiger partial charge in [-0.05, 0) is 23.1 Å². The molecule has 2 N–H and O–H groups in total. The number of rotatable bonds is 6. The maximum atomic E-state index is 12.5. The molecule has 0 radical (unpaired) electrons. The molecule has 0 spiro atoms. The van der Waals surface area contributed by atoms with Crippen LogP contribution in [0.25, 0.3) is 21.3 Å². The summed E-state index contributed by atoms with van der Waals surface area (Å²) in [4.78, 5) is 20.9. The lowest BCUT2D eigenvalue weighted by atomic mass is 10.0. The van der Waals surface area contributed by atoms with Crippen LogP contribution in [-0.4, -0.2) is 36.4 Å². The van der Waals surface area contributed by atoms with Crippen molar-refractivity contribution in [2.45, 2.75) is 6.04 Å². The normalized spacial score (nSPS) is 12.2. The van der Waals surface area contributed by atoms with Crippen LogP contribution in [0.4, 0.5) is 10.6 Å². The zero-order valence-electron chi connectivity index (χ0n) is 16.9. The molecule has 32 heavy (non-hydrogen) atoms. The van der Waals surface area contributed by atoms with Crippen LogP contribution >= 0.6 is 22.7 Å². The quantitative estimate of drug-likeness (QED) is 0.399. The summed E-state index contributed by atoms with van der Waals surface area (Å²) in [6.07, 6.45) is 6.44. The molecule has 0 aliphatic rings. The molecule has 2 amide bonds. The zero-order chi connectivity index (χ0) is 22.7. The predicted octanol–water partition coefficient (Wildman–Crippen LogP) is 4.31. The number of hydrogen-bond donors (Lipinski definition) is 2. The first-order valence-corrected chi connectivity index (χ1v) is 13.2. The number of urea groups is 1. The van der Waals surface area contributed by atoms with E-state index in [-0.39, 0.29) is 5.75 Å². The fourth-order valence-corrected chi connectivity index (χ4v) is 5.50. The molecular formula is C22H18N4O3S3. The van der Waals surface area contributed by atoms with E-state index >= 15 is 0 Å². The highest BCUT2D eigenvalue weighted by Crippen LogP contribution is 2.31. The Labute approximate surface area is 193 Å². The third-order valence-corrected chi connectivity index (χ3v) is 7.21. The number of carbonyl (C=O) groups is 1. The second kappa shape index (κ2) is 9.08. The van der Waals surface area contributed by atoms with Crippen LogP contribution in [0, 0.1) is 12.3 Å². The van der Waals surface area contributed by atoms with Gasteiger partial charge in [-0.3, -0.25) is 5.32 Å². The summed E-state index contributed by atoms with van der Waals surface area (Å²) >= 11 is 2.80. The molecule has 2 aromatic heterocycles. The van der Waals surface area contributed by atoms with E-state index in [1.807, 2.05) is 48.0 Å². The van der Waals surface area contributed by atoms with E-state index in [1.54, 1.807) is 16.7 Å². The van der Waals surface area contributed by atoms with Crippen LogP contribution in [0.3, 0.4) is 0 Å². The number of benzene rings is 2. The molecule has 0 aliphatic carbocycles. The van der Waals surface area contributed by atoms with Crippen molar-refractivity contribution in [2.75, 3.05) is 17.3 Å². The summed E-state index contributed by atoms with van der Waals surface area (Å²) in [7, 11) is -3.36. The number of fused-ring (bicyclic) bond motifs is 1. The second-order valence-corrected chi connectivity index (χ2v) is 11.0. The Hall–Kier alpha value is -3.26. The van der Waals surface area contributed by atoms with Crippen molar-refractivity contribution >= 4 is 54.6 Å². The average molecular weight is 483 g/mol. The van der Waals surface area contributed by atoms with Gasteiger partial charge in [-0.2, -0.15) is 0 Å². The van der Waals surface area contributed by atoms with Crippen LogP contribution in [0.15, 0.2) is 53.4 Å². The van der Waals surface area contributed by atoms with Gasteiger partial charge in [0.2, 0.25) is 0 Å². The molecule has 4 aromatic rings. The van der Waals surface area contributed by atoms with Gasteiger partial charge in [-0.15, -0.1) is 29.1 Å². The minimum absolute atomic E-state index is 0.239. The number of nitrogens with zero attached hydrogens (tertiary/aromatic N) is 2. The van der Waals surface area contributed by atoms with Gasteiger partial charge in [0.05, 0.1) is 27.5 Å². The number of aromatic nitrogens is 2. The van der Waals surface area contributed by atoms with Crippen molar-refractivity contribution in [3.63, 3.8) is 0 Å². The highest BCUT2D eigenvalue weighted by atomic mass is 32.2. The Balaban J connectivity index is 1.57. The summed E-state index contributed by atoms with van der Waals surface area (Å²) in [5, 5.41) is 7.38. The van der Waals surface area contributed by atoms with Gasteiger partial charge in [0, 0.05) is 17.2 Å². The van der Waals surface area contributed by atoms with Gasteiger partial charge in [0.15, 0.2) is 5.01 Å². The molecule has 0 aliphatic heterocycles. The van der Waals surface area contributed by atoms with E-state index in [2.05, 4.69) is 26.5 Å². The maximum Gasteiger partial charge on any atom is 0.320 e. The number of nitrogens with one attached hydrogen (secondary N) is 2. The van der Waals surface area contributed by atoms with E-state index in [9.17, 15) is 13.2 Å². The number of terminal acetylenes is 1. The van der Waals surface area contributed by atoms with Crippen molar-refractivity contribution < 1.29 is 13.2 Å². The lowest BCUT2D eigenvalue weighted by molar-refractivity contribution is 0.249. The monoisotopic (exact) mass is 482 g/mol. The summed E-state index contributed by atoms with van der Waals surface area (Å²) in [6.45, 7) is 0. The molecule has 0 saturated heterocycles. The number of anilines is 1. The Morgan fingerprint density at radius 2 is 1.97 bits per heavy atom. The Morgan fingerprint density at radius 1 is 1.19 bits per heavy atom. The zero-order valence-corrected chi connectivity index (χ0v) is 19.4. The van der Waals surface area contributed by atoms with Crippen molar-refractivity contribution in [3.8, 4) is 23.5 Å². The predicted molar refractivity (Wildman–Crippen MR) is 130 cm³/mol. The number of thiazole rings is 2. The SMILES string of the molecule is C#Cc1nc(NC(=O)NC(CS(C)(=O)=O)c2ccc(-c3cccc4ncsc34)cc2)cs1. The van der Waals surface area contributed by atoms with Crippen molar-refractivity contribution in [2.24, 2.45) is 0 Å².